The number of fused-ring (bicyclic) bond motifs is 3. The van der Waals surface area contributed by atoms with Gasteiger partial charge in [-0.05, 0) is 52.5 Å². The minimum atomic E-state index is -0.507. The van der Waals surface area contributed by atoms with Gasteiger partial charge in [-0.2, -0.15) is 0 Å². The number of primary amides is 1. The van der Waals surface area contributed by atoms with Crippen LogP contribution < -0.4 is 11.1 Å². The molecule has 0 aromatic carbocycles. The van der Waals surface area contributed by atoms with Crippen molar-refractivity contribution in [2.24, 2.45) is 5.73 Å². The number of nitrogens with two attached hydrogens (primary N) is 1. The number of ether oxygens (including phenoxy) is 1. The third-order valence-corrected chi connectivity index (χ3v) is 5.54. The minimum absolute atomic E-state index is 0.145. The molecule has 2 fully saturated rings. The van der Waals surface area contributed by atoms with Crippen LogP contribution in [0, 0.1) is 0 Å². The molecule has 4 heterocycles. The first-order chi connectivity index (χ1) is 13.2. The van der Waals surface area contributed by atoms with Crippen LogP contribution in [0.2, 0.25) is 0 Å². The number of H-pyrrole nitrogens is 1. The fourth-order valence-corrected chi connectivity index (χ4v) is 4.46. The summed E-state index contributed by atoms with van der Waals surface area (Å²) in [6.07, 6.45) is 6.63. The number of anilines is 1. The largest absolute Gasteiger partial charge is 0.444 e. The smallest absolute Gasteiger partial charge is 0.410 e. The summed E-state index contributed by atoms with van der Waals surface area (Å²) >= 11 is 0. The number of aromatic amines is 1. The first-order valence-electron chi connectivity index (χ1n) is 9.76. The summed E-state index contributed by atoms with van der Waals surface area (Å²) < 4.78 is 5.60. The number of rotatable bonds is 3. The zero-order valence-electron chi connectivity index (χ0n) is 16.5. The van der Waals surface area contributed by atoms with Gasteiger partial charge in [0.15, 0.2) is 0 Å². The lowest BCUT2D eigenvalue weighted by Gasteiger charge is -2.40. The van der Waals surface area contributed by atoms with E-state index >= 15 is 0 Å². The van der Waals surface area contributed by atoms with E-state index in [4.69, 9.17) is 10.5 Å². The maximum Gasteiger partial charge on any atom is 0.410 e. The van der Waals surface area contributed by atoms with Gasteiger partial charge in [-0.25, -0.2) is 9.78 Å². The number of carbonyl (C=O) groups is 2. The molecule has 8 nitrogen and oxygen atoms in total. The van der Waals surface area contributed by atoms with E-state index in [2.05, 4.69) is 15.3 Å². The topological polar surface area (TPSA) is 113 Å². The summed E-state index contributed by atoms with van der Waals surface area (Å²) in [7, 11) is 0. The number of amides is 2. The van der Waals surface area contributed by atoms with Gasteiger partial charge >= 0.3 is 6.09 Å². The Bertz CT molecular complexity index is 902. The summed E-state index contributed by atoms with van der Waals surface area (Å²) in [4.78, 5) is 33.8. The molecule has 2 amide bonds. The molecule has 8 heteroatoms. The van der Waals surface area contributed by atoms with Crippen molar-refractivity contribution in [3.8, 4) is 0 Å². The number of nitrogens with one attached hydrogen (secondary N) is 2. The van der Waals surface area contributed by atoms with Crippen molar-refractivity contribution in [3.63, 3.8) is 0 Å². The second-order valence-corrected chi connectivity index (χ2v) is 8.74. The summed E-state index contributed by atoms with van der Waals surface area (Å²) in [6, 6.07) is 2.33. The predicted molar refractivity (Wildman–Crippen MR) is 106 cm³/mol. The monoisotopic (exact) mass is 385 g/mol. The molecule has 2 bridgehead atoms. The molecule has 0 spiro atoms. The van der Waals surface area contributed by atoms with Crippen LogP contribution in [-0.4, -0.2) is 50.6 Å². The summed E-state index contributed by atoms with van der Waals surface area (Å²) in [5.74, 6) is -0.507. The van der Waals surface area contributed by atoms with Crippen LogP contribution in [0.25, 0.3) is 11.0 Å². The van der Waals surface area contributed by atoms with Crippen LogP contribution >= 0.6 is 0 Å². The van der Waals surface area contributed by atoms with Gasteiger partial charge in [0.1, 0.15) is 11.2 Å². The molecule has 2 aromatic heterocycles. The van der Waals surface area contributed by atoms with E-state index in [0.717, 1.165) is 31.1 Å². The van der Waals surface area contributed by atoms with E-state index < -0.39 is 11.5 Å². The third kappa shape index (κ3) is 3.39. The summed E-state index contributed by atoms with van der Waals surface area (Å²) in [6.45, 7) is 5.66. The highest BCUT2D eigenvalue weighted by Crippen LogP contribution is 2.39. The van der Waals surface area contributed by atoms with Gasteiger partial charge in [-0.1, -0.05) is 0 Å². The van der Waals surface area contributed by atoms with E-state index in [9.17, 15) is 9.59 Å². The molecule has 2 aromatic rings. The number of pyridine rings is 1. The Balaban J connectivity index is 1.54. The van der Waals surface area contributed by atoms with Gasteiger partial charge in [-0.3, -0.25) is 4.79 Å². The molecule has 2 aliphatic rings. The van der Waals surface area contributed by atoms with E-state index in [1.807, 2.05) is 31.7 Å². The minimum Gasteiger partial charge on any atom is -0.444 e. The fourth-order valence-electron chi connectivity index (χ4n) is 4.46. The van der Waals surface area contributed by atoms with Crippen LogP contribution in [0.1, 0.15) is 56.8 Å². The second kappa shape index (κ2) is 6.68. The summed E-state index contributed by atoms with van der Waals surface area (Å²) in [5, 5.41) is 4.37. The Morgan fingerprint density at radius 1 is 1.29 bits per heavy atom. The molecule has 0 radical (unpaired) electrons. The van der Waals surface area contributed by atoms with Crippen LogP contribution in [0.5, 0.6) is 0 Å². The third-order valence-electron chi connectivity index (χ3n) is 5.54. The Morgan fingerprint density at radius 3 is 2.57 bits per heavy atom. The maximum atomic E-state index is 12.6. The average molecular weight is 385 g/mol. The highest BCUT2D eigenvalue weighted by molar-refractivity contribution is 6.06. The Morgan fingerprint density at radius 2 is 1.96 bits per heavy atom. The van der Waals surface area contributed by atoms with E-state index in [0.29, 0.717) is 16.9 Å². The molecular formula is C20H27N5O3. The lowest BCUT2D eigenvalue weighted by molar-refractivity contribution is 0.00683. The first-order valence-corrected chi connectivity index (χ1v) is 9.76. The first kappa shape index (κ1) is 18.6. The van der Waals surface area contributed by atoms with E-state index in [1.165, 1.54) is 6.20 Å². The van der Waals surface area contributed by atoms with Crippen molar-refractivity contribution >= 4 is 28.7 Å². The number of aromatic nitrogens is 2. The van der Waals surface area contributed by atoms with Gasteiger partial charge in [-0.15, -0.1) is 0 Å². The maximum absolute atomic E-state index is 12.6. The lowest BCUT2D eigenvalue weighted by atomic mass is 9.96. The molecule has 2 aliphatic heterocycles. The van der Waals surface area contributed by atoms with Gasteiger partial charge in [0.25, 0.3) is 5.91 Å². The molecule has 0 saturated carbocycles. The number of nitrogens with zero attached hydrogens (tertiary/aromatic N) is 2. The molecule has 150 valence electrons. The van der Waals surface area contributed by atoms with Gasteiger partial charge < -0.3 is 25.7 Å². The molecule has 28 heavy (non-hydrogen) atoms. The van der Waals surface area contributed by atoms with Crippen LogP contribution in [-0.2, 0) is 4.74 Å². The molecule has 0 unspecified atom stereocenters. The molecule has 3 atom stereocenters. The normalized spacial score (nSPS) is 24.4. The van der Waals surface area contributed by atoms with Gasteiger partial charge in [0.05, 0.1) is 11.3 Å². The highest BCUT2D eigenvalue weighted by Gasteiger charge is 2.45. The average Bonchev–Trinajstić information content (AvgIpc) is 3.16. The fraction of sp³-hybridized carbons (Fsp3) is 0.550. The summed E-state index contributed by atoms with van der Waals surface area (Å²) in [5.41, 5.74) is 6.88. The number of piperidine rings is 1. The number of hydrogen-bond acceptors (Lipinski definition) is 5. The van der Waals surface area contributed by atoms with Crippen LogP contribution in [0.15, 0.2) is 18.5 Å². The zero-order valence-corrected chi connectivity index (χ0v) is 16.5. The Hall–Kier alpha value is -2.77. The van der Waals surface area contributed by atoms with E-state index in [1.54, 1.807) is 6.20 Å². The van der Waals surface area contributed by atoms with Crippen LogP contribution in [0.3, 0.4) is 0 Å². The van der Waals surface area contributed by atoms with Crippen molar-refractivity contribution in [3.05, 3.63) is 24.0 Å². The molecule has 4 rings (SSSR count). The van der Waals surface area contributed by atoms with E-state index in [-0.39, 0.29) is 24.2 Å². The SMILES string of the molecule is CC(C)(C)OC(=O)N1[C@@H]2CC[C@H]1C[C@H](Nc1c(C(N)=O)cnc3[nH]ccc13)C2. The van der Waals surface area contributed by atoms with Crippen molar-refractivity contribution in [2.75, 3.05) is 5.32 Å². The molecule has 4 N–H and O–H groups in total. The molecular weight excluding hydrogens is 358 g/mol. The quantitative estimate of drug-likeness (QED) is 0.752. The Labute approximate surface area is 163 Å². The zero-order chi connectivity index (χ0) is 20.1. The Kier molecular flexibility index (Phi) is 4.44. The highest BCUT2D eigenvalue weighted by atomic mass is 16.6. The van der Waals surface area contributed by atoms with Crippen molar-refractivity contribution in [1.82, 2.24) is 14.9 Å². The molecule has 0 aliphatic carbocycles. The van der Waals surface area contributed by atoms with Crippen molar-refractivity contribution in [2.45, 2.75) is 70.2 Å². The predicted octanol–water partition coefficient (Wildman–Crippen LogP) is 3.00. The van der Waals surface area contributed by atoms with Crippen molar-refractivity contribution in [1.29, 1.82) is 0 Å². The second-order valence-electron chi connectivity index (χ2n) is 8.74. The lowest BCUT2D eigenvalue weighted by Crippen LogP contribution is -2.51. The number of hydrogen-bond donors (Lipinski definition) is 3. The van der Waals surface area contributed by atoms with Gasteiger partial charge in [0, 0.05) is 35.9 Å². The molecule has 2 saturated heterocycles. The van der Waals surface area contributed by atoms with Crippen LogP contribution in [0.4, 0.5) is 10.5 Å². The van der Waals surface area contributed by atoms with Gasteiger partial charge in [0.2, 0.25) is 0 Å². The van der Waals surface area contributed by atoms with Crippen molar-refractivity contribution < 1.29 is 14.3 Å². The number of carbonyl (C=O) groups excluding carboxylic acids is 2. The standard InChI is InChI=1S/C20H27N5O3/c1-20(2,3)28-19(27)25-12-4-5-13(25)9-11(8-12)24-16-14-6-7-22-18(14)23-10-15(16)17(21)26/h6-7,10-13H,4-5,8-9H2,1-3H3,(H2,21,26)(H2,22,23,24)/t11-,12-,13+.